The van der Waals surface area contributed by atoms with E-state index in [2.05, 4.69) is 4.98 Å². The quantitative estimate of drug-likeness (QED) is 0.378. The lowest BCUT2D eigenvalue weighted by molar-refractivity contribution is -0.136. The van der Waals surface area contributed by atoms with E-state index in [0.29, 0.717) is 0 Å². The summed E-state index contributed by atoms with van der Waals surface area (Å²) in [7, 11) is 0. The van der Waals surface area contributed by atoms with Crippen molar-refractivity contribution in [1.82, 2.24) is 9.38 Å². The van der Waals surface area contributed by atoms with Crippen LogP contribution in [0.2, 0.25) is 0 Å². The number of hydrogen-bond acceptors (Lipinski definition) is 2. The van der Waals surface area contributed by atoms with Gasteiger partial charge in [-0.25, -0.2) is 9.37 Å². The number of fused-ring (bicyclic) bond motifs is 3. The Labute approximate surface area is 144 Å². The number of halogens is 4. The first-order valence-electron chi connectivity index (χ1n) is 7.64. The van der Waals surface area contributed by atoms with Gasteiger partial charge in [0.25, 0.3) is 0 Å². The Balaban J connectivity index is 2.19. The molecule has 0 aliphatic heterocycles. The summed E-state index contributed by atoms with van der Waals surface area (Å²) in [6, 6.07) is 10.5. The fourth-order valence-corrected chi connectivity index (χ4v) is 3.12. The Bertz CT molecular complexity index is 1160. The Hall–Kier alpha value is -3.22. The standard InChI is InChI=1S/C19H10F4N2O/c20-13-7-2-1-5-11(13)17(26)15-12-6-3-9-24-18(12)25-10-4-8-14(25)16(15)19(21,22)23/h1-10H. The smallest absolute Gasteiger partial charge is 0.301 e. The van der Waals surface area contributed by atoms with E-state index in [0.717, 1.165) is 6.07 Å². The molecular weight excluding hydrogens is 348 g/mol. The zero-order chi connectivity index (χ0) is 18.5. The van der Waals surface area contributed by atoms with Gasteiger partial charge in [0.15, 0.2) is 5.78 Å². The number of aromatic nitrogens is 2. The molecule has 3 nitrogen and oxygen atoms in total. The summed E-state index contributed by atoms with van der Waals surface area (Å²) >= 11 is 0. The lowest BCUT2D eigenvalue weighted by Crippen LogP contribution is -2.17. The van der Waals surface area contributed by atoms with Crippen molar-refractivity contribution in [3.8, 4) is 0 Å². The van der Waals surface area contributed by atoms with E-state index >= 15 is 0 Å². The first-order valence-corrected chi connectivity index (χ1v) is 7.64. The number of carbonyl (C=O) groups excluding carboxylic acids is 1. The number of ketones is 1. The molecule has 0 aliphatic rings. The van der Waals surface area contributed by atoms with Gasteiger partial charge >= 0.3 is 6.18 Å². The fourth-order valence-electron chi connectivity index (χ4n) is 3.12. The van der Waals surface area contributed by atoms with Crippen LogP contribution in [0, 0.1) is 5.82 Å². The summed E-state index contributed by atoms with van der Waals surface area (Å²) < 4.78 is 57.0. The van der Waals surface area contributed by atoms with E-state index in [4.69, 9.17) is 0 Å². The summed E-state index contributed by atoms with van der Waals surface area (Å²) in [6.45, 7) is 0. The van der Waals surface area contributed by atoms with Crippen molar-refractivity contribution in [3.63, 3.8) is 0 Å². The second-order valence-electron chi connectivity index (χ2n) is 5.69. The normalized spacial score (nSPS) is 12.0. The molecule has 3 aromatic heterocycles. The highest BCUT2D eigenvalue weighted by Gasteiger charge is 2.39. The molecule has 0 fully saturated rings. The molecule has 0 N–H and O–H groups in total. The highest BCUT2D eigenvalue weighted by Crippen LogP contribution is 2.39. The summed E-state index contributed by atoms with van der Waals surface area (Å²) in [6.07, 6.45) is -1.94. The third-order valence-corrected chi connectivity index (χ3v) is 4.17. The number of hydrogen-bond donors (Lipinski definition) is 0. The maximum absolute atomic E-state index is 14.1. The maximum atomic E-state index is 14.1. The molecule has 0 unspecified atom stereocenters. The second-order valence-corrected chi connectivity index (χ2v) is 5.69. The molecule has 0 aliphatic carbocycles. The molecule has 1 aromatic carbocycles. The molecule has 0 saturated carbocycles. The van der Waals surface area contributed by atoms with E-state index in [-0.39, 0.29) is 16.6 Å². The van der Waals surface area contributed by atoms with Crippen LogP contribution < -0.4 is 0 Å². The van der Waals surface area contributed by atoms with Gasteiger partial charge in [-0.15, -0.1) is 0 Å². The highest BCUT2D eigenvalue weighted by atomic mass is 19.4. The van der Waals surface area contributed by atoms with E-state index in [1.54, 1.807) is 0 Å². The van der Waals surface area contributed by atoms with Crippen molar-refractivity contribution in [2.24, 2.45) is 0 Å². The van der Waals surface area contributed by atoms with Gasteiger partial charge in [-0.1, -0.05) is 12.1 Å². The van der Waals surface area contributed by atoms with Crippen molar-refractivity contribution >= 4 is 22.3 Å². The molecule has 0 bridgehead atoms. The Morgan fingerprint density at radius 3 is 2.50 bits per heavy atom. The molecule has 0 spiro atoms. The summed E-state index contributed by atoms with van der Waals surface area (Å²) in [4.78, 5) is 17.1. The molecule has 0 radical (unpaired) electrons. The van der Waals surface area contributed by atoms with Crippen LogP contribution in [0.5, 0.6) is 0 Å². The number of nitrogens with zero attached hydrogens (tertiary/aromatic N) is 2. The predicted molar refractivity (Wildman–Crippen MR) is 87.5 cm³/mol. The van der Waals surface area contributed by atoms with Crippen LogP contribution in [0.3, 0.4) is 0 Å². The van der Waals surface area contributed by atoms with Crippen LogP contribution in [-0.4, -0.2) is 15.2 Å². The van der Waals surface area contributed by atoms with Crippen molar-refractivity contribution in [2.45, 2.75) is 6.18 Å². The molecule has 3 heterocycles. The zero-order valence-electron chi connectivity index (χ0n) is 13.1. The minimum absolute atomic E-state index is 0.0109. The van der Waals surface area contributed by atoms with E-state index in [1.807, 2.05) is 0 Å². The molecule has 0 saturated heterocycles. The molecular formula is C19H10F4N2O. The average molecular weight is 358 g/mol. The molecule has 26 heavy (non-hydrogen) atoms. The zero-order valence-corrected chi connectivity index (χ0v) is 13.1. The first-order chi connectivity index (χ1) is 12.4. The summed E-state index contributed by atoms with van der Waals surface area (Å²) in [5.41, 5.74) is -2.13. The van der Waals surface area contributed by atoms with Gasteiger partial charge in [0.05, 0.1) is 16.6 Å². The largest absolute Gasteiger partial charge is 0.419 e. The summed E-state index contributed by atoms with van der Waals surface area (Å²) in [5.74, 6) is -1.91. The summed E-state index contributed by atoms with van der Waals surface area (Å²) in [5, 5.41) is 0.0109. The minimum atomic E-state index is -4.81. The van der Waals surface area contributed by atoms with Crippen LogP contribution in [0.1, 0.15) is 21.5 Å². The van der Waals surface area contributed by atoms with Gasteiger partial charge in [0.2, 0.25) is 0 Å². The number of carbonyl (C=O) groups is 1. The van der Waals surface area contributed by atoms with Gasteiger partial charge < -0.3 is 4.40 Å². The minimum Gasteiger partial charge on any atom is -0.301 e. The van der Waals surface area contributed by atoms with Crippen molar-refractivity contribution < 1.29 is 22.4 Å². The Morgan fingerprint density at radius 2 is 1.77 bits per heavy atom. The Morgan fingerprint density at radius 1 is 1.00 bits per heavy atom. The van der Waals surface area contributed by atoms with E-state index < -0.39 is 34.5 Å². The molecule has 4 rings (SSSR count). The molecule has 7 heteroatoms. The Kier molecular flexibility index (Phi) is 3.54. The van der Waals surface area contributed by atoms with E-state index in [1.165, 1.54) is 59.3 Å². The van der Waals surface area contributed by atoms with Gasteiger partial charge in [-0.05, 0) is 36.4 Å². The first kappa shape index (κ1) is 16.3. The highest BCUT2D eigenvalue weighted by molar-refractivity contribution is 6.18. The van der Waals surface area contributed by atoms with Crippen LogP contribution in [-0.2, 0) is 6.18 Å². The number of benzene rings is 1. The lowest BCUT2D eigenvalue weighted by atomic mass is 9.94. The maximum Gasteiger partial charge on any atom is 0.419 e. The lowest BCUT2D eigenvalue weighted by Gasteiger charge is -2.17. The van der Waals surface area contributed by atoms with Crippen LogP contribution in [0.25, 0.3) is 16.6 Å². The topological polar surface area (TPSA) is 34.4 Å². The SMILES string of the molecule is O=C(c1ccccc1F)c1c(C(F)(F)F)c2cccn2c2ncccc12. The number of rotatable bonds is 2. The van der Waals surface area contributed by atoms with Gasteiger partial charge in [0, 0.05) is 23.3 Å². The second kappa shape index (κ2) is 5.66. The van der Waals surface area contributed by atoms with Gasteiger partial charge in [0.1, 0.15) is 11.5 Å². The van der Waals surface area contributed by atoms with Crippen molar-refractivity contribution in [2.75, 3.05) is 0 Å². The van der Waals surface area contributed by atoms with Crippen LogP contribution in [0.4, 0.5) is 17.6 Å². The monoisotopic (exact) mass is 358 g/mol. The molecule has 130 valence electrons. The van der Waals surface area contributed by atoms with Gasteiger partial charge in [-0.3, -0.25) is 4.79 Å². The third kappa shape index (κ3) is 2.35. The fraction of sp³-hybridized carbons (Fsp3) is 0.0526. The van der Waals surface area contributed by atoms with Crippen LogP contribution in [0.15, 0.2) is 60.9 Å². The predicted octanol–water partition coefficient (Wildman–Crippen LogP) is 4.88. The number of pyridine rings is 2. The van der Waals surface area contributed by atoms with Crippen molar-refractivity contribution in [1.29, 1.82) is 0 Å². The average Bonchev–Trinajstić information content (AvgIpc) is 3.09. The van der Waals surface area contributed by atoms with Gasteiger partial charge in [-0.2, -0.15) is 13.2 Å². The molecule has 4 aromatic rings. The molecule has 0 amide bonds. The van der Waals surface area contributed by atoms with E-state index in [9.17, 15) is 22.4 Å². The van der Waals surface area contributed by atoms with Crippen LogP contribution >= 0.6 is 0 Å². The molecule has 0 atom stereocenters. The van der Waals surface area contributed by atoms with Crippen molar-refractivity contribution in [3.05, 3.63) is 83.4 Å². The third-order valence-electron chi connectivity index (χ3n) is 4.17. The number of alkyl halides is 3.